The zero-order valence-corrected chi connectivity index (χ0v) is 18.0. The maximum absolute atomic E-state index is 12.7. The lowest BCUT2D eigenvalue weighted by Crippen LogP contribution is -2.35. The van der Waals surface area contributed by atoms with Crippen LogP contribution < -0.4 is 19.9 Å². The lowest BCUT2D eigenvalue weighted by atomic mass is 10.1. The predicted octanol–water partition coefficient (Wildman–Crippen LogP) is 3.61. The summed E-state index contributed by atoms with van der Waals surface area (Å²) in [7, 11) is 1.42. The van der Waals surface area contributed by atoms with Crippen molar-refractivity contribution in [3.63, 3.8) is 0 Å². The Hall–Kier alpha value is -2.65. The van der Waals surface area contributed by atoms with Crippen LogP contribution in [0.15, 0.2) is 50.9 Å². The number of hydrogen-bond donors (Lipinski definition) is 1. The number of benzene rings is 2. The molecule has 2 amide bonds. The summed E-state index contributed by atoms with van der Waals surface area (Å²) in [5.41, 5.74) is 3.56. The van der Waals surface area contributed by atoms with Crippen LogP contribution in [0, 0.1) is 0 Å². The van der Waals surface area contributed by atoms with Crippen molar-refractivity contribution in [3.8, 4) is 11.5 Å². The van der Waals surface area contributed by atoms with Gasteiger partial charge in [-0.1, -0.05) is 22.0 Å². The second-order valence-corrected chi connectivity index (χ2v) is 7.52. The van der Waals surface area contributed by atoms with Crippen LogP contribution in [0.2, 0.25) is 0 Å². The minimum atomic E-state index is -0.524. The van der Waals surface area contributed by atoms with Crippen LogP contribution in [-0.4, -0.2) is 24.9 Å². The van der Waals surface area contributed by atoms with E-state index in [1.54, 1.807) is 30.3 Å². The zero-order chi connectivity index (χ0) is 20.4. The van der Waals surface area contributed by atoms with Gasteiger partial charge in [0.2, 0.25) is 0 Å². The molecular weight excluding hydrogens is 496 g/mol. The first kappa shape index (κ1) is 20.1. The standard InChI is InChI=1S/C19H14Br2N2O5/c1-10(24)28-17-15(21)7-11(8-16(17)27-2)6-14-18(25)22-23(19(14)26)13-5-3-4-12(20)9-13/h3-9H,1-2H3,(H,22,25)/b14-6+. The van der Waals surface area contributed by atoms with Gasteiger partial charge in [0.15, 0.2) is 11.5 Å². The molecule has 9 heteroatoms. The zero-order valence-electron chi connectivity index (χ0n) is 14.8. The van der Waals surface area contributed by atoms with Crippen LogP contribution >= 0.6 is 31.9 Å². The largest absolute Gasteiger partial charge is 0.493 e. The summed E-state index contributed by atoms with van der Waals surface area (Å²) >= 11 is 6.66. The summed E-state index contributed by atoms with van der Waals surface area (Å²) in [4.78, 5) is 36.3. The maximum atomic E-state index is 12.7. The van der Waals surface area contributed by atoms with Gasteiger partial charge < -0.3 is 9.47 Å². The fourth-order valence-corrected chi connectivity index (χ4v) is 3.51. The molecule has 0 atom stereocenters. The number of carbonyl (C=O) groups is 3. The minimum Gasteiger partial charge on any atom is -0.493 e. The summed E-state index contributed by atoms with van der Waals surface area (Å²) in [5, 5.41) is 1.18. The molecule has 0 spiro atoms. The Morgan fingerprint density at radius 1 is 1.18 bits per heavy atom. The molecule has 2 aromatic rings. The molecular formula is C19H14Br2N2O5. The van der Waals surface area contributed by atoms with Gasteiger partial charge in [0.1, 0.15) is 5.57 Å². The Kier molecular flexibility index (Phi) is 5.85. The quantitative estimate of drug-likeness (QED) is 0.294. The average Bonchev–Trinajstić information content (AvgIpc) is 2.91. The maximum Gasteiger partial charge on any atom is 0.308 e. The van der Waals surface area contributed by atoms with E-state index in [0.717, 1.165) is 4.47 Å². The third-order valence-electron chi connectivity index (χ3n) is 3.77. The molecule has 144 valence electrons. The summed E-state index contributed by atoms with van der Waals surface area (Å²) < 4.78 is 11.6. The number of rotatable bonds is 4. The third kappa shape index (κ3) is 4.10. The molecule has 1 saturated heterocycles. The minimum absolute atomic E-state index is 0.0332. The molecule has 0 unspecified atom stereocenters. The van der Waals surface area contributed by atoms with Gasteiger partial charge in [0.05, 0.1) is 17.3 Å². The Bertz CT molecular complexity index is 1020. The number of carbonyl (C=O) groups excluding carboxylic acids is 3. The Balaban J connectivity index is 1.97. The number of hydrogen-bond acceptors (Lipinski definition) is 5. The molecule has 1 fully saturated rings. The molecule has 0 aromatic heterocycles. The van der Waals surface area contributed by atoms with E-state index in [0.29, 0.717) is 15.7 Å². The second kappa shape index (κ2) is 8.15. The Morgan fingerprint density at radius 3 is 2.57 bits per heavy atom. The number of nitrogens with one attached hydrogen (secondary N) is 1. The van der Waals surface area contributed by atoms with Crippen LogP contribution in [0.4, 0.5) is 5.69 Å². The number of amides is 2. The first-order valence-corrected chi connectivity index (χ1v) is 9.57. The van der Waals surface area contributed by atoms with Gasteiger partial charge >= 0.3 is 5.97 Å². The van der Waals surface area contributed by atoms with E-state index < -0.39 is 17.8 Å². The van der Waals surface area contributed by atoms with E-state index in [2.05, 4.69) is 37.3 Å². The van der Waals surface area contributed by atoms with Gasteiger partial charge in [0.25, 0.3) is 11.8 Å². The lowest BCUT2D eigenvalue weighted by molar-refractivity contribution is -0.132. The van der Waals surface area contributed by atoms with Crippen molar-refractivity contribution >= 4 is 61.4 Å². The first-order valence-electron chi connectivity index (χ1n) is 7.99. The molecule has 7 nitrogen and oxygen atoms in total. The molecule has 0 saturated carbocycles. The van der Waals surface area contributed by atoms with Gasteiger partial charge in [0, 0.05) is 11.4 Å². The van der Waals surface area contributed by atoms with Crippen molar-refractivity contribution in [3.05, 3.63) is 56.5 Å². The highest BCUT2D eigenvalue weighted by Crippen LogP contribution is 2.37. The van der Waals surface area contributed by atoms with E-state index in [-0.39, 0.29) is 17.1 Å². The summed E-state index contributed by atoms with van der Waals surface area (Å²) in [6.07, 6.45) is 1.44. The first-order chi connectivity index (χ1) is 13.3. The van der Waals surface area contributed by atoms with Crippen LogP contribution in [0.3, 0.4) is 0 Å². The van der Waals surface area contributed by atoms with Crippen LogP contribution in [0.5, 0.6) is 11.5 Å². The number of methoxy groups -OCH3 is 1. The van der Waals surface area contributed by atoms with Gasteiger partial charge in [-0.05, 0) is 57.9 Å². The van der Waals surface area contributed by atoms with Gasteiger partial charge in [-0.2, -0.15) is 0 Å². The fourth-order valence-electron chi connectivity index (χ4n) is 2.59. The average molecular weight is 510 g/mol. The van der Waals surface area contributed by atoms with E-state index in [4.69, 9.17) is 9.47 Å². The lowest BCUT2D eigenvalue weighted by Gasteiger charge is -2.14. The highest BCUT2D eigenvalue weighted by atomic mass is 79.9. The summed E-state index contributed by atoms with van der Waals surface area (Å²) in [6.45, 7) is 1.28. The normalized spacial score (nSPS) is 15.0. The highest BCUT2D eigenvalue weighted by Gasteiger charge is 2.34. The van der Waals surface area contributed by atoms with Crippen LogP contribution in [0.25, 0.3) is 6.08 Å². The monoisotopic (exact) mass is 508 g/mol. The van der Waals surface area contributed by atoms with E-state index in [1.165, 1.54) is 25.1 Å². The predicted molar refractivity (Wildman–Crippen MR) is 110 cm³/mol. The molecule has 1 aliphatic heterocycles. The van der Waals surface area contributed by atoms with Crippen molar-refractivity contribution in [1.29, 1.82) is 0 Å². The van der Waals surface area contributed by atoms with E-state index in [1.807, 2.05) is 6.07 Å². The summed E-state index contributed by atoms with van der Waals surface area (Å²) in [6, 6.07) is 10.2. The van der Waals surface area contributed by atoms with Crippen molar-refractivity contribution < 1.29 is 23.9 Å². The Labute approximate surface area is 177 Å². The third-order valence-corrected chi connectivity index (χ3v) is 4.85. The number of halogens is 2. The van der Waals surface area contributed by atoms with Crippen molar-refractivity contribution in [1.82, 2.24) is 5.43 Å². The number of anilines is 1. The molecule has 1 N–H and O–H groups in total. The second-order valence-electron chi connectivity index (χ2n) is 5.75. The smallest absolute Gasteiger partial charge is 0.308 e. The number of nitrogens with zero attached hydrogens (tertiary/aromatic N) is 1. The molecule has 28 heavy (non-hydrogen) atoms. The van der Waals surface area contributed by atoms with Crippen molar-refractivity contribution in [2.75, 3.05) is 12.1 Å². The van der Waals surface area contributed by atoms with Gasteiger partial charge in [-0.3, -0.25) is 19.8 Å². The van der Waals surface area contributed by atoms with Gasteiger partial charge in [-0.25, -0.2) is 5.01 Å². The number of ether oxygens (including phenoxy) is 2. The SMILES string of the molecule is COc1cc(/C=C2\C(=O)NN(c3cccc(Br)c3)C2=O)cc(Br)c1OC(C)=O. The summed E-state index contributed by atoms with van der Waals surface area (Å²) in [5.74, 6) is -1.01. The number of esters is 1. The molecule has 2 aromatic carbocycles. The van der Waals surface area contributed by atoms with Crippen LogP contribution in [0.1, 0.15) is 12.5 Å². The molecule has 0 radical (unpaired) electrons. The van der Waals surface area contributed by atoms with Crippen LogP contribution in [-0.2, 0) is 14.4 Å². The molecule has 0 aliphatic carbocycles. The van der Waals surface area contributed by atoms with Gasteiger partial charge in [-0.15, -0.1) is 0 Å². The topological polar surface area (TPSA) is 84.9 Å². The Morgan fingerprint density at radius 2 is 1.93 bits per heavy atom. The number of hydrazine groups is 1. The van der Waals surface area contributed by atoms with E-state index >= 15 is 0 Å². The highest BCUT2D eigenvalue weighted by molar-refractivity contribution is 9.10. The molecule has 1 heterocycles. The molecule has 0 bridgehead atoms. The van der Waals surface area contributed by atoms with Crippen molar-refractivity contribution in [2.24, 2.45) is 0 Å². The fraction of sp³-hybridized carbons (Fsp3) is 0.105. The molecule has 3 rings (SSSR count). The van der Waals surface area contributed by atoms with Crippen molar-refractivity contribution in [2.45, 2.75) is 6.92 Å². The molecule has 1 aliphatic rings. The van der Waals surface area contributed by atoms with E-state index in [9.17, 15) is 14.4 Å².